The van der Waals surface area contributed by atoms with Crippen molar-refractivity contribution in [3.05, 3.63) is 82.7 Å². The van der Waals surface area contributed by atoms with E-state index in [1.54, 1.807) is 36.0 Å². The van der Waals surface area contributed by atoms with E-state index < -0.39 is 11.9 Å². The number of aromatic carboxylic acids is 2. The molecule has 32 heavy (non-hydrogen) atoms. The summed E-state index contributed by atoms with van der Waals surface area (Å²) in [5.41, 5.74) is 3.78. The molecule has 0 radical (unpaired) electrons. The van der Waals surface area contributed by atoms with Gasteiger partial charge in [0, 0.05) is 11.8 Å². The molecule has 9 heteroatoms. The van der Waals surface area contributed by atoms with Crippen molar-refractivity contribution in [2.45, 2.75) is 13.8 Å². The quantitative estimate of drug-likeness (QED) is 0.598. The molecule has 0 unspecified atom stereocenters. The number of carboxylic acids is 2. The van der Waals surface area contributed by atoms with Crippen molar-refractivity contribution in [2.75, 3.05) is 5.01 Å². The molecule has 0 aliphatic carbocycles. The van der Waals surface area contributed by atoms with Gasteiger partial charge < -0.3 is 10.2 Å². The van der Waals surface area contributed by atoms with Gasteiger partial charge >= 0.3 is 11.9 Å². The Kier molecular flexibility index (Phi) is 5.15. The minimum atomic E-state index is -1.05. The van der Waals surface area contributed by atoms with Crippen molar-refractivity contribution in [1.29, 1.82) is 0 Å². The molecule has 4 rings (SSSR count). The number of hydrazone groups is 1. The molecule has 1 aromatic heterocycles. The second kappa shape index (κ2) is 7.95. The number of anilines is 1. The lowest BCUT2D eigenvalue weighted by Gasteiger charge is -2.11. The van der Waals surface area contributed by atoms with Gasteiger partial charge in [0.15, 0.2) is 0 Å². The summed E-state index contributed by atoms with van der Waals surface area (Å²) >= 11 is 0. The first-order chi connectivity index (χ1) is 15.2. The van der Waals surface area contributed by atoms with Crippen LogP contribution in [-0.2, 0) is 4.79 Å². The molecular formula is C23H18N4O5. The molecule has 1 amide bonds. The van der Waals surface area contributed by atoms with Gasteiger partial charge in [-0.3, -0.25) is 4.79 Å². The zero-order chi connectivity index (χ0) is 23.0. The van der Waals surface area contributed by atoms with Crippen LogP contribution in [0.4, 0.5) is 5.69 Å². The van der Waals surface area contributed by atoms with Crippen molar-refractivity contribution < 1.29 is 24.6 Å². The van der Waals surface area contributed by atoms with Crippen molar-refractivity contribution in [3.63, 3.8) is 0 Å². The van der Waals surface area contributed by atoms with Gasteiger partial charge in [0.25, 0.3) is 5.91 Å². The van der Waals surface area contributed by atoms with Gasteiger partial charge in [-0.05, 0) is 68.5 Å². The number of nitrogens with zero attached hydrogens (tertiary/aromatic N) is 4. The van der Waals surface area contributed by atoms with Crippen molar-refractivity contribution in [1.82, 2.24) is 9.78 Å². The lowest BCUT2D eigenvalue weighted by molar-refractivity contribution is -0.114. The van der Waals surface area contributed by atoms with Gasteiger partial charge in [-0.15, -0.1) is 0 Å². The Labute approximate surface area is 182 Å². The first-order valence-electron chi connectivity index (χ1n) is 9.59. The lowest BCUT2D eigenvalue weighted by Crippen LogP contribution is -2.21. The number of amides is 1. The highest BCUT2D eigenvalue weighted by Crippen LogP contribution is 2.26. The van der Waals surface area contributed by atoms with E-state index in [1.807, 2.05) is 6.92 Å². The van der Waals surface area contributed by atoms with Crippen LogP contribution >= 0.6 is 0 Å². The fourth-order valence-corrected chi connectivity index (χ4v) is 3.26. The van der Waals surface area contributed by atoms with E-state index >= 15 is 0 Å². The van der Waals surface area contributed by atoms with E-state index in [0.29, 0.717) is 33.9 Å². The van der Waals surface area contributed by atoms with Gasteiger partial charge in [0.05, 0.1) is 39.5 Å². The maximum Gasteiger partial charge on any atom is 0.335 e. The maximum absolute atomic E-state index is 13.0. The van der Waals surface area contributed by atoms with Crippen molar-refractivity contribution in [3.8, 4) is 5.69 Å². The van der Waals surface area contributed by atoms with Crippen LogP contribution in [0.2, 0.25) is 0 Å². The highest BCUT2D eigenvalue weighted by atomic mass is 16.4. The highest BCUT2D eigenvalue weighted by molar-refractivity contribution is 6.32. The number of benzene rings is 2. The Balaban J connectivity index is 1.61. The molecule has 3 aromatic rings. The summed E-state index contributed by atoms with van der Waals surface area (Å²) in [5.74, 6) is -2.38. The molecule has 0 saturated carbocycles. The monoisotopic (exact) mass is 430 g/mol. The predicted molar refractivity (Wildman–Crippen MR) is 117 cm³/mol. The van der Waals surface area contributed by atoms with Crippen molar-refractivity contribution in [2.24, 2.45) is 5.10 Å². The third-order valence-electron chi connectivity index (χ3n) is 5.04. The largest absolute Gasteiger partial charge is 0.478 e. The standard InChI is InChI=1S/C23H18N4O5/c1-13-17(12-26(24-13)18-7-3-15(4-8-18)22(29)30)11-20-14(2)25-27(21(20)28)19-9-5-16(6-10-19)23(31)32/h3-12H,1-2H3,(H,29,30)(H,31,32)/b20-11-. The minimum Gasteiger partial charge on any atom is -0.478 e. The number of aromatic nitrogens is 2. The molecule has 2 heterocycles. The number of carbonyl (C=O) groups excluding carboxylic acids is 1. The van der Waals surface area contributed by atoms with E-state index in [2.05, 4.69) is 10.2 Å². The molecule has 0 fully saturated rings. The fourth-order valence-electron chi connectivity index (χ4n) is 3.26. The van der Waals surface area contributed by atoms with Gasteiger partial charge in [0.1, 0.15) is 0 Å². The third kappa shape index (κ3) is 3.79. The second-order valence-electron chi connectivity index (χ2n) is 7.18. The number of carboxylic acid groups (broad SMARTS) is 2. The summed E-state index contributed by atoms with van der Waals surface area (Å²) in [5, 5.41) is 28.1. The van der Waals surface area contributed by atoms with Gasteiger partial charge in [-0.1, -0.05) is 0 Å². The van der Waals surface area contributed by atoms with Gasteiger partial charge in [-0.25, -0.2) is 14.3 Å². The summed E-state index contributed by atoms with van der Waals surface area (Å²) < 4.78 is 1.61. The topological polar surface area (TPSA) is 125 Å². The van der Waals surface area contributed by atoms with Crippen LogP contribution in [0.5, 0.6) is 0 Å². The molecule has 0 atom stereocenters. The lowest BCUT2D eigenvalue weighted by atomic mass is 10.1. The smallest absolute Gasteiger partial charge is 0.335 e. The molecule has 1 aliphatic heterocycles. The molecule has 1 aliphatic rings. The van der Waals surface area contributed by atoms with Crippen LogP contribution in [0.25, 0.3) is 11.8 Å². The first-order valence-corrected chi connectivity index (χ1v) is 9.59. The number of carbonyl (C=O) groups is 3. The molecule has 0 saturated heterocycles. The zero-order valence-corrected chi connectivity index (χ0v) is 17.2. The van der Waals surface area contributed by atoms with Crippen LogP contribution < -0.4 is 5.01 Å². The normalized spacial score (nSPS) is 14.7. The van der Waals surface area contributed by atoms with Gasteiger partial charge in [0.2, 0.25) is 0 Å². The van der Waals surface area contributed by atoms with E-state index in [4.69, 9.17) is 10.2 Å². The fraction of sp³-hybridized carbons (Fsp3) is 0.0870. The number of hydrogen-bond donors (Lipinski definition) is 2. The van der Waals surface area contributed by atoms with Crippen molar-refractivity contribution >= 4 is 35.3 Å². The average molecular weight is 430 g/mol. The Morgan fingerprint density at radius 2 is 1.41 bits per heavy atom. The molecule has 160 valence electrons. The molecule has 9 nitrogen and oxygen atoms in total. The Hall–Kier alpha value is -4.53. The van der Waals surface area contributed by atoms with E-state index in [0.717, 1.165) is 0 Å². The highest BCUT2D eigenvalue weighted by Gasteiger charge is 2.29. The number of aryl methyl sites for hydroxylation is 1. The Morgan fingerprint density at radius 3 is 1.94 bits per heavy atom. The zero-order valence-electron chi connectivity index (χ0n) is 17.2. The second-order valence-corrected chi connectivity index (χ2v) is 7.18. The van der Waals surface area contributed by atoms with Crippen LogP contribution in [0.1, 0.15) is 38.9 Å². The van der Waals surface area contributed by atoms with Crippen LogP contribution in [0, 0.1) is 6.92 Å². The summed E-state index contributed by atoms with van der Waals surface area (Å²) in [6, 6.07) is 12.2. The molecular weight excluding hydrogens is 412 g/mol. The average Bonchev–Trinajstić information content (AvgIpc) is 3.28. The Morgan fingerprint density at radius 1 is 0.875 bits per heavy atom. The van der Waals surface area contributed by atoms with E-state index in [-0.39, 0.29) is 17.0 Å². The summed E-state index contributed by atoms with van der Waals surface area (Å²) in [6.45, 7) is 3.53. The summed E-state index contributed by atoms with van der Waals surface area (Å²) in [4.78, 5) is 35.0. The molecule has 0 spiro atoms. The Bertz CT molecular complexity index is 1300. The minimum absolute atomic E-state index is 0.122. The van der Waals surface area contributed by atoms with E-state index in [1.165, 1.54) is 41.4 Å². The molecule has 2 N–H and O–H groups in total. The molecule has 0 bridgehead atoms. The summed E-state index contributed by atoms with van der Waals surface area (Å²) in [7, 11) is 0. The van der Waals surface area contributed by atoms with Gasteiger partial charge in [-0.2, -0.15) is 15.2 Å². The predicted octanol–water partition coefficient (Wildman–Crippen LogP) is 3.38. The maximum atomic E-state index is 13.0. The van der Waals surface area contributed by atoms with Crippen LogP contribution in [-0.4, -0.2) is 43.6 Å². The number of hydrogen-bond acceptors (Lipinski definition) is 5. The first kappa shape index (κ1) is 20.7. The van der Waals surface area contributed by atoms with E-state index in [9.17, 15) is 14.4 Å². The number of rotatable bonds is 5. The van der Waals surface area contributed by atoms with Crippen LogP contribution in [0.15, 0.2) is 65.4 Å². The van der Waals surface area contributed by atoms with Crippen LogP contribution in [0.3, 0.4) is 0 Å². The third-order valence-corrected chi connectivity index (χ3v) is 5.04. The SMILES string of the molecule is CC1=NN(c2ccc(C(=O)O)cc2)C(=O)/C1=C\c1cn(-c2ccc(C(=O)O)cc2)nc1C. The molecule has 2 aromatic carbocycles. The summed E-state index contributed by atoms with van der Waals surface area (Å²) in [6.07, 6.45) is 3.46.